The first kappa shape index (κ1) is 19.4. The molecule has 2 nitrogen and oxygen atoms in total. The van der Waals surface area contributed by atoms with E-state index in [2.05, 4.69) is 11.4 Å². The van der Waals surface area contributed by atoms with E-state index in [1.54, 1.807) is 7.11 Å². The molecule has 1 unspecified atom stereocenters. The van der Waals surface area contributed by atoms with Crippen LogP contribution in [0.1, 0.15) is 24.0 Å². The Bertz CT molecular complexity index is 956. The van der Waals surface area contributed by atoms with Crippen LogP contribution in [0.5, 0.6) is 5.75 Å². The minimum absolute atomic E-state index is 0.0853. The maximum Gasteiger partial charge on any atom is 0.416 e. The van der Waals surface area contributed by atoms with E-state index in [1.807, 2.05) is 37.3 Å². The fourth-order valence-corrected chi connectivity index (χ4v) is 3.08. The second kappa shape index (κ2) is 7.69. The number of nitrogens with one attached hydrogen (secondary N) is 1. The molecule has 142 valence electrons. The molecule has 0 aliphatic heterocycles. The topological polar surface area (TPSA) is 21.3 Å². The van der Waals surface area contributed by atoms with E-state index >= 15 is 0 Å². The number of anilines is 1. The van der Waals surface area contributed by atoms with Gasteiger partial charge in [0.05, 0.1) is 23.4 Å². The van der Waals surface area contributed by atoms with Gasteiger partial charge in [-0.15, -0.1) is 0 Å². The zero-order valence-corrected chi connectivity index (χ0v) is 15.7. The highest BCUT2D eigenvalue weighted by Gasteiger charge is 2.31. The molecular formula is C21H19ClF3NO. The van der Waals surface area contributed by atoms with Gasteiger partial charge in [0.15, 0.2) is 0 Å². The molecule has 6 heteroatoms. The second-order valence-electron chi connectivity index (χ2n) is 6.45. The van der Waals surface area contributed by atoms with Crippen molar-refractivity contribution in [2.75, 3.05) is 19.0 Å². The van der Waals surface area contributed by atoms with Crippen LogP contribution in [-0.4, -0.2) is 13.7 Å². The van der Waals surface area contributed by atoms with Gasteiger partial charge in [0.2, 0.25) is 0 Å². The number of hydrogen-bond donors (Lipinski definition) is 1. The lowest BCUT2D eigenvalue weighted by Gasteiger charge is -2.17. The molecule has 0 bridgehead atoms. The minimum atomic E-state index is -4.40. The predicted molar refractivity (Wildman–Crippen MR) is 104 cm³/mol. The molecule has 0 spiro atoms. The summed E-state index contributed by atoms with van der Waals surface area (Å²) in [5.41, 5.74) is 0.647. The Kier molecular flexibility index (Phi) is 5.51. The van der Waals surface area contributed by atoms with Crippen LogP contribution < -0.4 is 10.1 Å². The third-order valence-corrected chi connectivity index (χ3v) is 4.86. The van der Waals surface area contributed by atoms with Crippen LogP contribution in [0.25, 0.3) is 10.8 Å². The summed E-state index contributed by atoms with van der Waals surface area (Å²) in [6.45, 7) is 2.47. The molecule has 1 atom stereocenters. The van der Waals surface area contributed by atoms with Gasteiger partial charge in [-0.2, -0.15) is 13.2 Å². The highest BCUT2D eigenvalue weighted by atomic mass is 35.5. The third-order valence-electron chi connectivity index (χ3n) is 4.53. The van der Waals surface area contributed by atoms with Crippen molar-refractivity contribution in [3.63, 3.8) is 0 Å². The van der Waals surface area contributed by atoms with Gasteiger partial charge in [0.25, 0.3) is 0 Å². The van der Waals surface area contributed by atoms with E-state index in [0.717, 1.165) is 34.2 Å². The van der Waals surface area contributed by atoms with Crippen LogP contribution in [0.15, 0.2) is 54.6 Å². The van der Waals surface area contributed by atoms with Crippen molar-refractivity contribution in [2.45, 2.75) is 19.0 Å². The molecule has 3 rings (SSSR count). The van der Waals surface area contributed by atoms with Gasteiger partial charge >= 0.3 is 6.18 Å². The quantitative estimate of drug-likeness (QED) is 0.518. The van der Waals surface area contributed by atoms with Gasteiger partial charge in [0.1, 0.15) is 5.75 Å². The van der Waals surface area contributed by atoms with Crippen molar-refractivity contribution in [3.8, 4) is 5.75 Å². The summed E-state index contributed by atoms with van der Waals surface area (Å²) in [4.78, 5) is 0. The first-order valence-electron chi connectivity index (χ1n) is 8.46. The molecule has 0 amide bonds. The molecule has 3 aromatic rings. The van der Waals surface area contributed by atoms with E-state index in [1.165, 1.54) is 6.07 Å². The lowest BCUT2D eigenvalue weighted by molar-refractivity contribution is -0.137. The number of hydrogen-bond acceptors (Lipinski definition) is 2. The zero-order valence-electron chi connectivity index (χ0n) is 14.9. The van der Waals surface area contributed by atoms with Gasteiger partial charge in [-0.05, 0) is 52.6 Å². The lowest BCUT2D eigenvalue weighted by Crippen LogP contribution is -2.12. The van der Waals surface area contributed by atoms with E-state index < -0.39 is 11.7 Å². The van der Waals surface area contributed by atoms with Gasteiger partial charge in [-0.25, -0.2) is 0 Å². The molecule has 0 fully saturated rings. The average molecular weight is 394 g/mol. The highest BCUT2D eigenvalue weighted by Crippen LogP contribution is 2.34. The van der Waals surface area contributed by atoms with Crippen molar-refractivity contribution >= 4 is 28.1 Å². The lowest BCUT2D eigenvalue weighted by atomic mass is 9.97. The number of fused-ring (bicyclic) bond motifs is 1. The Hall–Kier alpha value is -2.40. The predicted octanol–water partition coefficient (Wildman–Crippen LogP) is 6.74. The van der Waals surface area contributed by atoms with E-state index in [-0.39, 0.29) is 16.6 Å². The molecule has 0 saturated heterocycles. The summed E-state index contributed by atoms with van der Waals surface area (Å²) in [7, 11) is 1.63. The van der Waals surface area contributed by atoms with Gasteiger partial charge < -0.3 is 10.1 Å². The SMILES string of the molecule is COc1ccc2cc(C(C)CNc3cc(C(F)(F)F)ccc3Cl)ccc2c1. The van der Waals surface area contributed by atoms with Crippen LogP contribution in [0.3, 0.4) is 0 Å². The third kappa shape index (κ3) is 4.48. The van der Waals surface area contributed by atoms with E-state index in [0.29, 0.717) is 6.54 Å². The maximum absolute atomic E-state index is 12.9. The first-order valence-corrected chi connectivity index (χ1v) is 8.84. The van der Waals surface area contributed by atoms with Crippen LogP contribution in [-0.2, 0) is 6.18 Å². The Morgan fingerprint density at radius 1 is 1.00 bits per heavy atom. The average Bonchev–Trinajstić information content (AvgIpc) is 2.65. The molecule has 0 radical (unpaired) electrons. The molecule has 0 aliphatic carbocycles. The standard InChI is InChI=1S/C21H19ClF3NO/c1-13(12-26-20-11-17(21(23,24)25)6-8-19(20)22)14-3-4-16-10-18(27-2)7-5-15(16)9-14/h3-11,13,26H,12H2,1-2H3. The monoisotopic (exact) mass is 393 g/mol. The van der Waals surface area contributed by atoms with Gasteiger partial charge in [0, 0.05) is 6.54 Å². The number of alkyl halides is 3. The first-order chi connectivity index (χ1) is 12.8. The van der Waals surface area contributed by atoms with Gasteiger partial charge in [-0.1, -0.05) is 42.8 Å². The fraction of sp³-hybridized carbons (Fsp3) is 0.238. The normalized spacial score (nSPS) is 12.8. The highest BCUT2D eigenvalue weighted by molar-refractivity contribution is 6.33. The Balaban J connectivity index is 1.76. The number of benzene rings is 3. The number of methoxy groups -OCH3 is 1. The molecule has 0 aromatic heterocycles. The van der Waals surface area contributed by atoms with Gasteiger partial charge in [-0.3, -0.25) is 0 Å². The fourth-order valence-electron chi connectivity index (χ4n) is 2.89. The molecule has 0 heterocycles. The van der Waals surface area contributed by atoms with Crippen molar-refractivity contribution in [2.24, 2.45) is 0 Å². The Labute approximate surface area is 160 Å². The molecule has 0 aliphatic rings. The van der Waals surface area contributed by atoms with Crippen LogP contribution >= 0.6 is 11.6 Å². The van der Waals surface area contributed by atoms with Crippen LogP contribution in [0.4, 0.5) is 18.9 Å². The number of halogens is 4. The molecular weight excluding hydrogens is 375 g/mol. The van der Waals surface area contributed by atoms with Crippen molar-refractivity contribution in [1.29, 1.82) is 0 Å². The largest absolute Gasteiger partial charge is 0.497 e. The molecule has 0 saturated carbocycles. The zero-order chi connectivity index (χ0) is 19.6. The second-order valence-corrected chi connectivity index (χ2v) is 6.85. The Morgan fingerprint density at radius 2 is 1.70 bits per heavy atom. The Morgan fingerprint density at radius 3 is 2.41 bits per heavy atom. The number of rotatable bonds is 5. The summed E-state index contributed by atoms with van der Waals surface area (Å²) in [5.74, 6) is 0.881. The smallest absolute Gasteiger partial charge is 0.416 e. The van der Waals surface area contributed by atoms with Crippen LogP contribution in [0.2, 0.25) is 5.02 Å². The number of ether oxygens (including phenoxy) is 1. The van der Waals surface area contributed by atoms with Crippen LogP contribution in [0, 0.1) is 0 Å². The molecule has 3 aromatic carbocycles. The summed E-state index contributed by atoms with van der Waals surface area (Å²) in [5, 5.41) is 5.45. The summed E-state index contributed by atoms with van der Waals surface area (Å²) >= 11 is 6.04. The maximum atomic E-state index is 12.9. The van der Waals surface area contributed by atoms with Crippen molar-refractivity contribution < 1.29 is 17.9 Å². The van der Waals surface area contributed by atoms with E-state index in [4.69, 9.17) is 16.3 Å². The minimum Gasteiger partial charge on any atom is -0.497 e. The van der Waals surface area contributed by atoms with Crippen molar-refractivity contribution in [1.82, 2.24) is 0 Å². The molecule has 1 N–H and O–H groups in total. The summed E-state index contributed by atoms with van der Waals surface area (Å²) in [6, 6.07) is 15.2. The molecule has 27 heavy (non-hydrogen) atoms. The summed E-state index contributed by atoms with van der Waals surface area (Å²) < 4.78 is 43.9. The van der Waals surface area contributed by atoms with Crippen molar-refractivity contribution in [3.05, 3.63) is 70.7 Å². The summed E-state index contributed by atoms with van der Waals surface area (Å²) in [6.07, 6.45) is -4.40. The van der Waals surface area contributed by atoms with E-state index in [9.17, 15) is 13.2 Å².